The van der Waals surface area contributed by atoms with Gasteiger partial charge in [-0.05, 0) is 12.3 Å². The zero-order valence-electron chi connectivity index (χ0n) is 6.42. The lowest BCUT2D eigenvalue weighted by Gasteiger charge is -2.01. The Balaban J connectivity index is 2.96. The first-order valence-corrected chi connectivity index (χ1v) is 4.73. The minimum absolute atomic E-state index is 1.14. The SMILES string of the molecule is CBc1ccccc1SC. The topological polar surface area (TPSA) is 0 Å². The quantitative estimate of drug-likeness (QED) is 0.455. The molecular weight excluding hydrogens is 139 g/mol. The molecule has 1 aromatic rings. The summed E-state index contributed by atoms with van der Waals surface area (Å²) in [7, 11) is 1.14. The van der Waals surface area contributed by atoms with Gasteiger partial charge in [0.2, 0.25) is 0 Å². The van der Waals surface area contributed by atoms with Gasteiger partial charge in [-0.2, -0.15) is 0 Å². The highest BCUT2D eigenvalue weighted by Gasteiger charge is 1.95. The smallest absolute Gasteiger partial charge is 0.130 e. The Labute approximate surface area is 67.3 Å². The van der Waals surface area contributed by atoms with Crippen molar-refractivity contribution in [3.05, 3.63) is 24.3 Å². The first-order valence-electron chi connectivity index (χ1n) is 3.50. The minimum Gasteiger partial charge on any atom is -0.130 e. The fourth-order valence-electron chi connectivity index (χ4n) is 0.995. The number of thioether (sulfide) groups is 1. The van der Waals surface area contributed by atoms with Gasteiger partial charge in [0.1, 0.15) is 0 Å². The standard InChI is InChI=1S/C8H11BS/c1-9-7-5-3-4-6-8(7)10-2/h3-6,9H,1-2H3. The van der Waals surface area contributed by atoms with E-state index in [0.29, 0.717) is 0 Å². The lowest BCUT2D eigenvalue weighted by atomic mass is 9.73. The number of hydrogen-bond donors (Lipinski definition) is 0. The van der Waals surface area contributed by atoms with Crippen LogP contribution in [0.3, 0.4) is 0 Å². The monoisotopic (exact) mass is 150 g/mol. The van der Waals surface area contributed by atoms with Crippen molar-refractivity contribution >= 4 is 24.5 Å². The van der Waals surface area contributed by atoms with Crippen molar-refractivity contribution in [3.63, 3.8) is 0 Å². The van der Waals surface area contributed by atoms with Gasteiger partial charge < -0.3 is 0 Å². The molecule has 0 unspecified atom stereocenters. The maximum atomic E-state index is 2.19. The summed E-state index contributed by atoms with van der Waals surface area (Å²) in [6.45, 7) is 2.19. The third-order valence-electron chi connectivity index (χ3n) is 1.57. The molecule has 0 nitrogen and oxygen atoms in total. The first-order chi connectivity index (χ1) is 4.88. The van der Waals surface area contributed by atoms with Crippen molar-refractivity contribution in [2.75, 3.05) is 6.26 Å². The van der Waals surface area contributed by atoms with Crippen LogP contribution in [0.15, 0.2) is 29.2 Å². The highest BCUT2D eigenvalue weighted by molar-refractivity contribution is 7.98. The van der Waals surface area contributed by atoms with Crippen LogP contribution in [0.25, 0.3) is 0 Å². The lowest BCUT2D eigenvalue weighted by molar-refractivity contribution is 1.53. The molecule has 0 aliphatic carbocycles. The zero-order valence-corrected chi connectivity index (χ0v) is 7.24. The van der Waals surface area contributed by atoms with E-state index in [2.05, 4.69) is 37.3 Å². The summed E-state index contributed by atoms with van der Waals surface area (Å²) < 4.78 is 0. The summed E-state index contributed by atoms with van der Waals surface area (Å²) in [5.41, 5.74) is 1.45. The highest BCUT2D eigenvalue weighted by Crippen LogP contribution is 2.09. The van der Waals surface area contributed by atoms with Crippen molar-refractivity contribution in [2.24, 2.45) is 0 Å². The summed E-state index contributed by atoms with van der Waals surface area (Å²) in [4.78, 5) is 1.41. The normalized spacial score (nSPS) is 9.40. The average molecular weight is 150 g/mol. The molecule has 0 aliphatic rings. The van der Waals surface area contributed by atoms with Crippen LogP contribution in [0.5, 0.6) is 0 Å². The van der Waals surface area contributed by atoms with Crippen LogP contribution in [-0.2, 0) is 0 Å². The van der Waals surface area contributed by atoms with E-state index in [9.17, 15) is 0 Å². The molecule has 2 heteroatoms. The third kappa shape index (κ3) is 1.57. The van der Waals surface area contributed by atoms with Crippen LogP contribution < -0.4 is 5.46 Å². The van der Waals surface area contributed by atoms with Crippen LogP contribution in [0.1, 0.15) is 0 Å². The molecule has 1 aromatic carbocycles. The molecule has 0 fully saturated rings. The number of hydrogen-bond acceptors (Lipinski definition) is 1. The first kappa shape index (κ1) is 7.74. The van der Waals surface area contributed by atoms with E-state index < -0.39 is 0 Å². The molecule has 10 heavy (non-hydrogen) atoms. The maximum absolute atomic E-state index is 2.19. The van der Waals surface area contributed by atoms with E-state index >= 15 is 0 Å². The fraction of sp³-hybridized carbons (Fsp3) is 0.250. The van der Waals surface area contributed by atoms with Crippen molar-refractivity contribution in [1.82, 2.24) is 0 Å². The fourth-order valence-corrected chi connectivity index (χ4v) is 1.68. The van der Waals surface area contributed by atoms with Gasteiger partial charge in [-0.1, -0.05) is 30.5 Å². The minimum atomic E-state index is 1.14. The van der Waals surface area contributed by atoms with E-state index in [1.807, 2.05) is 11.8 Å². The summed E-state index contributed by atoms with van der Waals surface area (Å²) >= 11 is 1.82. The van der Waals surface area contributed by atoms with Gasteiger partial charge in [0.25, 0.3) is 0 Å². The molecule has 52 valence electrons. The van der Waals surface area contributed by atoms with Gasteiger partial charge >= 0.3 is 0 Å². The average Bonchev–Trinajstić information content (AvgIpc) is 2.04. The largest absolute Gasteiger partial charge is 0.156 e. The van der Waals surface area contributed by atoms with Crippen molar-refractivity contribution < 1.29 is 0 Å². The predicted octanol–water partition coefficient (Wildman–Crippen LogP) is 1.52. The summed E-state index contributed by atoms with van der Waals surface area (Å²) in [6.07, 6.45) is 2.12. The number of rotatable bonds is 2. The predicted molar refractivity (Wildman–Crippen MR) is 50.9 cm³/mol. The van der Waals surface area contributed by atoms with Crippen LogP contribution in [-0.4, -0.2) is 13.5 Å². The van der Waals surface area contributed by atoms with Gasteiger partial charge in [0.15, 0.2) is 7.28 Å². The molecule has 1 rings (SSSR count). The van der Waals surface area contributed by atoms with Crippen molar-refractivity contribution in [2.45, 2.75) is 11.7 Å². The molecule has 0 N–H and O–H groups in total. The van der Waals surface area contributed by atoms with Gasteiger partial charge in [0.05, 0.1) is 0 Å². The van der Waals surface area contributed by atoms with Crippen molar-refractivity contribution in [3.8, 4) is 0 Å². The van der Waals surface area contributed by atoms with Gasteiger partial charge in [0, 0.05) is 4.90 Å². The second-order valence-electron chi connectivity index (χ2n) is 2.17. The van der Waals surface area contributed by atoms with Gasteiger partial charge in [-0.25, -0.2) is 0 Å². The van der Waals surface area contributed by atoms with Crippen LogP contribution in [0.2, 0.25) is 6.82 Å². The molecule has 0 bridgehead atoms. The molecule has 0 aliphatic heterocycles. The van der Waals surface area contributed by atoms with Crippen LogP contribution >= 0.6 is 11.8 Å². The molecule has 0 heterocycles. The lowest BCUT2D eigenvalue weighted by Crippen LogP contribution is -2.12. The zero-order chi connectivity index (χ0) is 7.40. The van der Waals surface area contributed by atoms with Gasteiger partial charge in [-0.3, -0.25) is 0 Å². The molecule has 0 spiro atoms. The second-order valence-corrected chi connectivity index (χ2v) is 3.01. The van der Waals surface area contributed by atoms with E-state index in [-0.39, 0.29) is 0 Å². The molecule has 0 saturated carbocycles. The summed E-state index contributed by atoms with van der Waals surface area (Å²) in [5, 5.41) is 0. The van der Waals surface area contributed by atoms with Crippen molar-refractivity contribution in [1.29, 1.82) is 0 Å². The third-order valence-corrected chi connectivity index (χ3v) is 2.41. The Morgan fingerprint density at radius 3 is 2.50 bits per heavy atom. The highest BCUT2D eigenvalue weighted by atomic mass is 32.2. The number of benzene rings is 1. The van der Waals surface area contributed by atoms with E-state index in [1.54, 1.807) is 0 Å². The van der Waals surface area contributed by atoms with E-state index in [1.165, 1.54) is 10.4 Å². The summed E-state index contributed by atoms with van der Waals surface area (Å²) in [5.74, 6) is 0. The second kappa shape index (κ2) is 3.72. The Hall–Kier alpha value is -0.365. The van der Waals surface area contributed by atoms with Crippen LogP contribution in [0, 0.1) is 0 Å². The van der Waals surface area contributed by atoms with Gasteiger partial charge in [-0.15, -0.1) is 11.8 Å². The summed E-state index contributed by atoms with van der Waals surface area (Å²) in [6, 6.07) is 8.54. The molecule has 0 amide bonds. The van der Waals surface area contributed by atoms with Crippen LogP contribution in [0.4, 0.5) is 0 Å². The molecule has 0 radical (unpaired) electrons. The maximum Gasteiger partial charge on any atom is 0.156 e. The van der Waals surface area contributed by atoms with E-state index in [4.69, 9.17) is 0 Å². The molecular formula is C8H11BS. The van der Waals surface area contributed by atoms with E-state index in [0.717, 1.165) is 7.28 Å². The Bertz CT molecular complexity index is 187. The Morgan fingerprint density at radius 2 is 2.00 bits per heavy atom. The molecule has 0 atom stereocenters. The molecule has 0 aromatic heterocycles. The molecule has 0 saturated heterocycles. The Kier molecular flexibility index (Phi) is 2.88. The Morgan fingerprint density at radius 1 is 1.30 bits per heavy atom.